The van der Waals surface area contributed by atoms with Gasteiger partial charge in [0.15, 0.2) is 0 Å². The summed E-state index contributed by atoms with van der Waals surface area (Å²) in [7, 11) is 0. The summed E-state index contributed by atoms with van der Waals surface area (Å²) in [6.45, 7) is 4.05. The Hall–Kier alpha value is -4.62. The van der Waals surface area contributed by atoms with E-state index in [4.69, 9.17) is 4.42 Å². The molecule has 5 rings (SSSR count). The Kier molecular flexibility index (Phi) is 5.45. The molecule has 0 amide bonds. The van der Waals surface area contributed by atoms with Crippen LogP contribution in [0.4, 0.5) is 5.88 Å². The second-order valence-electron chi connectivity index (χ2n) is 8.31. The minimum atomic E-state index is 0.116. The number of aryl methyl sites for hydroxylation is 2. The Morgan fingerprint density at radius 1 is 0.824 bits per heavy atom. The molecule has 0 unspecified atom stereocenters. The lowest BCUT2D eigenvalue weighted by molar-refractivity contribution is 0.475. The van der Waals surface area contributed by atoms with Gasteiger partial charge in [-0.3, -0.25) is 0 Å². The van der Waals surface area contributed by atoms with Crippen molar-refractivity contribution in [3.63, 3.8) is 0 Å². The summed E-state index contributed by atoms with van der Waals surface area (Å²) < 4.78 is 6.22. The van der Waals surface area contributed by atoms with Gasteiger partial charge in [-0.1, -0.05) is 90.0 Å². The Labute approximate surface area is 198 Å². The highest BCUT2D eigenvalue weighted by Crippen LogP contribution is 2.43. The molecule has 5 aromatic rings. The van der Waals surface area contributed by atoms with Gasteiger partial charge in [0.2, 0.25) is 5.88 Å². The Morgan fingerprint density at radius 2 is 1.47 bits per heavy atom. The zero-order valence-electron chi connectivity index (χ0n) is 18.9. The number of rotatable bonds is 4. The first-order chi connectivity index (χ1) is 16.5. The van der Waals surface area contributed by atoms with Gasteiger partial charge in [0.1, 0.15) is 23.1 Å². The smallest absolute Gasteiger partial charge is 0.238 e. The molecule has 34 heavy (non-hydrogen) atoms. The van der Waals surface area contributed by atoms with Crippen LogP contribution in [-0.2, 0) is 0 Å². The van der Waals surface area contributed by atoms with Crippen LogP contribution in [0.2, 0.25) is 0 Å². The molecule has 0 bridgehead atoms. The molecule has 0 saturated carbocycles. The minimum absolute atomic E-state index is 0.116. The molecule has 0 aliphatic rings. The number of nitrogens with zero attached hydrogens (tertiary/aromatic N) is 2. The molecule has 1 aromatic heterocycles. The van der Waals surface area contributed by atoms with Gasteiger partial charge < -0.3 is 9.52 Å². The molecular formula is C30H22N2O2. The molecule has 164 valence electrons. The van der Waals surface area contributed by atoms with E-state index in [1.807, 2.05) is 92.7 Å². The van der Waals surface area contributed by atoms with Crippen LogP contribution in [0.5, 0.6) is 5.75 Å². The predicted octanol–water partition coefficient (Wildman–Crippen LogP) is 7.71. The number of aromatic hydroxyl groups is 1. The molecule has 4 nitrogen and oxygen atoms in total. The van der Waals surface area contributed by atoms with Crippen LogP contribution >= 0.6 is 0 Å². The van der Waals surface area contributed by atoms with Crippen molar-refractivity contribution >= 4 is 22.9 Å². The Morgan fingerprint density at radius 3 is 2.15 bits per heavy atom. The van der Waals surface area contributed by atoms with Crippen molar-refractivity contribution in [1.29, 1.82) is 5.26 Å². The lowest BCUT2D eigenvalue weighted by Gasteiger charge is -2.05. The lowest BCUT2D eigenvalue weighted by Crippen LogP contribution is -1.86. The van der Waals surface area contributed by atoms with Crippen LogP contribution in [0.3, 0.4) is 0 Å². The van der Waals surface area contributed by atoms with E-state index in [-0.39, 0.29) is 11.6 Å². The third-order valence-electron chi connectivity index (χ3n) is 5.91. The molecule has 0 spiro atoms. The maximum atomic E-state index is 10.5. The van der Waals surface area contributed by atoms with Crippen molar-refractivity contribution in [2.75, 3.05) is 0 Å². The molecule has 0 aliphatic heterocycles. The first kappa shape index (κ1) is 21.2. The minimum Gasteiger partial charge on any atom is -0.507 e. The normalized spacial score (nSPS) is 11.2. The molecule has 0 fully saturated rings. The Bertz CT molecular complexity index is 1570. The summed E-state index contributed by atoms with van der Waals surface area (Å²) >= 11 is 0. The standard InChI is InChI=1S/C30H22N2O2/c1-19-7-11-22(12-8-19)28-25(17-31)30(34-29(28)23-13-9-20(2)10-14-23)32-18-26-24-6-4-3-5-21(24)15-16-27(26)33/h3-16,18,33H,1-2H3. The zero-order chi connectivity index (χ0) is 23.7. The zero-order valence-corrected chi connectivity index (χ0v) is 18.9. The van der Waals surface area contributed by atoms with Crippen LogP contribution in [-0.4, -0.2) is 11.3 Å². The third-order valence-corrected chi connectivity index (χ3v) is 5.91. The van der Waals surface area contributed by atoms with E-state index in [2.05, 4.69) is 11.1 Å². The van der Waals surface area contributed by atoms with E-state index in [9.17, 15) is 10.4 Å². The molecule has 0 saturated heterocycles. The van der Waals surface area contributed by atoms with Gasteiger partial charge in [0.05, 0.1) is 0 Å². The molecule has 0 aliphatic carbocycles. The summed E-state index contributed by atoms with van der Waals surface area (Å²) in [5.41, 5.74) is 5.66. The highest BCUT2D eigenvalue weighted by molar-refractivity contribution is 6.03. The van der Waals surface area contributed by atoms with Crippen LogP contribution in [0.25, 0.3) is 33.2 Å². The number of furan rings is 1. The number of fused-ring (bicyclic) bond motifs is 1. The lowest BCUT2D eigenvalue weighted by atomic mass is 9.97. The van der Waals surface area contributed by atoms with Crippen molar-refractivity contribution in [1.82, 2.24) is 0 Å². The topological polar surface area (TPSA) is 69.5 Å². The van der Waals surface area contributed by atoms with Gasteiger partial charge in [-0.05, 0) is 36.2 Å². The van der Waals surface area contributed by atoms with Crippen LogP contribution < -0.4 is 0 Å². The summed E-state index contributed by atoms with van der Waals surface area (Å²) in [6, 6.07) is 29.6. The fourth-order valence-electron chi connectivity index (χ4n) is 4.06. The Balaban J connectivity index is 1.70. The quantitative estimate of drug-likeness (QED) is 0.290. The van der Waals surface area contributed by atoms with Gasteiger partial charge in [0.25, 0.3) is 0 Å². The summed E-state index contributed by atoms with van der Waals surface area (Å²) in [6.07, 6.45) is 1.56. The number of hydrogen-bond acceptors (Lipinski definition) is 4. The summed E-state index contributed by atoms with van der Waals surface area (Å²) in [5, 5.41) is 22.5. The maximum absolute atomic E-state index is 10.5. The summed E-state index contributed by atoms with van der Waals surface area (Å²) in [5.74, 6) is 0.917. The SMILES string of the molecule is Cc1ccc(-c2oc(N=Cc3c(O)ccc4ccccc34)c(C#N)c2-c2ccc(C)cc2)cc1. The van der Waals surface area contributed by atoms with E-state index in [1.165, 1.54) is 0 Å². The van der Waals surface area contributed by atoms with Crippen molar-refractivity contribution in [2.24, 2.45) is 4.99 Å². The van der Waals surface area contributed by atoms with Gasteiger partial charge in [-0.25, -0.2) is 4.99 Å². The van der Waals surface area contributed by atoms with Crippen molar-refractivity contribution in [3.05, 3.63) is 107 Å². The molecule has 0 radical (unpaired) electrons. The molecule has 1 N–H and O–H groups in total. The van der Waals surface area contributed by atoms with E-state index < -0.39 is 0 Å². The number of aliphatic imine (C=N–C) groups is 1. The first-order valence-electron chi connectivity index (χ1n) is 11.0. The van der Waals surface area contributed by atoms with Gasteiger partial charge in [-0.2, -0.15) is 5.26 Å². The average molecular weight is 443 g/mol. The molecule has 0 atom stereocenters. The van der Waals surface area contributed by atoms with E-state index >= 15 is 0 Å². The van der Waals surface area contributed by atoms with Gasteiger partial charge >= 0.3 is 0 Å². The number of phenols is 1. The fraction of sp³-hybridized carbons (Fsp3) is 0.0667. The van der Waals surface area contributed by atoms with Crippen molar-refractivity contribution < 1.29 is 9.52 Å². The fourth-order valence-corrected chi connectivity index (χ4v) is 4.06. The number of nitriles is 1. The number of hydrogen-bond donors (Lipinski definition) is 1. The van der Waals surface area contributed by atoms with Crippen LogP contribution in [0, 0.1) is 25.2 Å². The molecule has 4 heteroatoms. The van der Waals surface area contributed by atoms with Gasteiger partial charge in [0, 0.05) is 22.9 Å². The number of phenolic OH excluding ortho intramolecular Hbond substituents is 1. The van der Waals surface area contributed by atoms with E-state index in [0.717, 1.165) is 33.0 Å². The molecular weight excluding hydrogens is 420 g/mol. The highest BCUT2D eigenvalue weighted by atomic mass is 16.4. The van der Waals surface area contributed by atoms with Crippen LogP contribution in [0.15, 0.2) is 94.3 Å². The highest BCUT2D eigenvalue weighted by Gasteiger charge is 2.23. The summed E-state index contributed by atoms with van der Waals surface area (Å²) in [4.78, 5) is 4.55. The predicted molar refractivity (Wildman–Crippen MR) is 137 cm³/mol. The molecule has 4 aromatic carbocycles. The van der Waals surface area contributed by atoms with Crippen molar-refractivity contribution in [2.45, 2.75) is 13.8 Å². The van der Waals surface area contributed by atoms with E-state index in [0.29, 0.717) is 22.5 Å². The van der Waals surface area contributed by atoms with Gasteiger partial charge in [-0.15, -0.1) is 0 Å². The van der Waals surface area contributed by atoms with E-state index in [1.54, 1.807) is 12.3 Å². The second-order valence-corrected chi connectivity index (χ2v) is 8.31. The molecule has 1 heterocycles. The maximum Gasteiger partial charge on any atom is 0.238 e. The van der Waals surface area contributed by atoms with Crippen LogP contribution in [0.1, 0.15) is 22.3 Å². The largest absolute Gasteiger partial charge is 0.507 e. The monoisotopic (exact) mass is 442 g/mol. The number of benzene rings is 4. The first-order valence-corrected chi connectivity index (χ1v) is 11.0. The third kappa shape index (κ3) is 3.85. The van der Waals surface area contributed by atoms with Crippen molar-refractivity contribution in [3.8, 4) is 34.3 Å². The average Bonchev–Trinajstić information content (AvgIpc) is 3.23. The second kappa shape index (κ2) is 8.73.